The maximum absolute atomic E-state index is 12.3. The second-order valence-corrected chi connectivity index (χ2v) is 5.57. The Balaban J connectivity index is 2.10. The Morgan fingerprint density at radius 2 is 2.14 bits per heavy atom. The molecule has 21 heavy (non-hydrogen) atoms. The van der Waals surface area contributed by atoms with Gasteiger partial charge in [-0.1, -0.05) is 11.6 Å². The van der Waals surface area contributed by atoms with Gasteiger partial charge in [0, 0.05) is 22.7 Å². The number of halogens is 4. The standard InChI is InChI=1S/C11H11ClF3N5S/c1-20-10(17-18-19-20)5-16-8-4-7(12)2-3-9(8)21-6-11(13,14)15/h2-4,16H,5-6H2,1H3. The van der Waals surface area contributed by atoms with Crippen LogP contribution < -0.4 is 5.32 Å². The lowest BCUT2D eigenvalue weighted by molar-refractivity contribution is -0.105. The molecule has 10 heteroatoms. The van der Waals surface area contributed by atoms with Crippen LogP contribution in [0.2, 0.25) is 5.02 Å². The van der Waals surface area contributed by atoms with Gasteiger partial charge < -0.3 is 5.32 Å². The van der Waals surface area contributed by atoms with Gasteiger partial charge in [0.25, 0.3) is 0 Å². The summed E-state index contributed by atoms with van der Waals surface area (Å²) in [7, 11) is 1.67. The highest BCUT2D eigenvalue weighted by Crippen LogP contribution is 2.34. The first kappa shape index (κ1) is 15.9. The minimum atomic E-state index is -4.23. The Labute approximate surface area is 127 Å². The van der Waals surface area contributed by atoms with E-state index in [0.717, 1.165) is 0 Å². The van der Waals surface area contributed by atoms with E-state index in [4.69, 9.17) is 11.6 Å². The number of aromatic nitrogens is 4. The number of benzene rings is 1. The number of nitrogens with one attached hydrogen (secondary N) is 1. The van der Waals surface area contributed by atoms with E-state index in [1.165, 1.54) is 4.68 Å². The van der Waals surface area contributed by atoms with Crippen LogP contribution in [0.25, 0.3) is 0 Å². The van der Waals surface area contributed by atoms with Crippen molar-refractivity contribution in [1.29, 1.82) is 0 Å². The molecule has 2 aromatic rings. The van der Waals surface area contributed by atoms with E-state index >= 15 is 0 Å². The zero-order valence-corrected chi connectivity index (χ0v) is 12.4. The smallest absolute Gasteiger partial charge is 0.377 e. The number of anilines is 1. The Kier molecular flexibility index (Phi) is 4.94. The normalized spacial score (nSPS) is 11.7. The Morgan fingerprint density at radius 1 is 1.38 bits per heavy atom. The summed E-state index contributed by atoms with van der Waals surface area (Å²) in [4.78, 5) is 0.465. The van der Waals surface area contributed by atoms with Gasteiger partial charge in [-0.05, 0) is 28.6 Å². The van der Waals surface area contributed by atoms with E-state index in [9.17, 15) is 13.2 Å². The monoisotopic (exact) mass is 337 g/mol. The molecule has 0 saturated carbocycles. The topological polar surface area (TPSA) is 55.6 Å². The molecular formula is C11H11ClF3N5S. The summed E-state index contributed by atoms with van der Waals surface area (Å²) in [5.41, 5.74) is 0.514. The Morgan fingerprint density at radius 3 is 2.76 bits per heavy atom. The van der Waals surface area contributed by atoms with Gasteiger partial charge in [0.1, 0.15) is 0 Å². The van der Waals surface area contributed by atoms with Gasteiger partial charge in [-0.15, -0.1) is 16.9 Å². The van der Waals surface area contributed by atoms with Gasteiger partial charge in [-0.3, -0.25) is 0 Å². The van der Waals surface area contributed by atoms with E-state index in [0.29, 0.717) is 33.2 Å². The van der Waals surface area contributed by atoms with Gasteiger partial charge in [0.2, 0.25) is 0 Å². The number of nitrogens with zero attached hydrogens (tertiary/aromatic N) is 4. The van der Waals surface area contributed by atoms with Crippen LogP contribution in [-0.4, -0.2) is 32.1 Å². The molecule has 2 rings (SSSR count). The zero-order valence-electron chi connectivity index (χ0n) is 10.9. The summed E-state index contributed by atoms with van der Waals surface area (Å²) in [5, 5.41) is 14.4. The number of rotatable bonds is 5. The number of alkyl halides is 3. The second kappa shape index (κ2) is 6.52. The molecule has 0 radical (unpaired) electrons. The van der Waals surface area contributed by atoms with Crippen molar-refractivity contribution in [2.45, 2.75) is 17.6 Å². The molecule has 0 spiro atoms. The molecular weight excluding hydrogens is 327 g/mol. The van der Waals surface area contributed by atoms with Gasteiger partial charge in [-0.25, -0.2) is 4.68 Å². The average molecular weight is 338 g/mol. The maximum atomic E-state index is 12.3. The molecule has 0 unspecified atom stereocenters. The molecule has 0 atom stereocenters. The molecule has 0 fully saturated rings. The van der Waals surface area contributed by atoms with Crippen molar-refractivity contribution in [2.24, 2.45) is 7.05 Å². The summed E-state index contributed by atoms with van der Waals surface area (Å²) in [6.07, 6.45) is -4.23. The van der Waals surface area contributed by atoms with Crippen molar-refractivity contribution in [3.05, 3.63) is 29.0 Å². The van der Waals surface area contributed by atoms with Crippen molar-refractivity contribution in [3.8, 4) is 0 Å². The zero-order chi connectivity index (χ0) is 15.5. The van der Waals surface area contributed by atoms with Crippen LogP contribution in [0.15, 0.2) is 23.1 Å². The molecule has 0 aliphatic rings. The van der Waals surface area contributed by atoms with Gasteiger partial charge in [-0.2, -0.15) is 13.2 Å². The van der Waals surface area contributed by atoms with E-state index in [1.807, 2.05) is 0 Å². The molecule has 114 valence electrons. The van der Waals surface area contributed by atoms with Crippen LogP contribution >= 0.6 is 23.4 Å². The van der Waals surface area contributed by atoms with Crippen LogP contribution in [0.5, 0.6) is 0 Å². The predicted molar refractivity (Wildman–Crippen MR) is 74.4 cm³/mol. The fourth-order valence-corrected chi connectivity index (χ4v) is 2.44. The molecule has 0 aliphatic heterocycles. The number of tetrazole rings is 1. The van der Waals surface area contributed by atoms with E-state index in [-0.39, 0.29) is 6.54 Å². The minimum Gasteiger partial charge on any atom is -0.377 e. The lowest BCUT2D eigenvalue weighted by Crippen LogP contribution is -2.11. The highest BCUT2D eigenvalue weighted by atomic mass is 35.5. The summed E-state index contributed by atoms with van der Waals surface area (Å²) < 4.78 is 38.4. The van der Waals surface area contributed by atoms with Gasteiger partial charge >= 0.3 is 6.18 Å². The molecule has 1 heterocycles. The average Bonchev–Trinajstić information content (AvgIpc) is 2.79. The van der Waals surface area contributed by atoms with Crippen molar-refractivity contribution in [2.75, 3.05) is 11.1 Å². The first-order valence-corrected chi connectivity index (χ1v) is 7.16. The third-order valence-electron chi connectivity index (χ3n) is 2.48. The number of hydrogen-bond acceptors (Lipinski definition) is 5. The molecule has 0 saturated heterocycles. The van der Waals surface area contributed by atoms with Crippen molar-refractivity contribution >= 4 is 29.1 Å². The molecule has 1 N–H and O–H groups in total. The van der Waals surface area contributed by atoms with Crippen LogP contribution in [0.3, 0.4) is 0 Å². The van der Waals surface area contributed by atoms with E-state index < -0.39 is 11.9 Å². The fourth-order valence-electron chi connectivity index (χ4n) is 1.50. The summed E-state index contributed by atoms with van der Waals surface area (Å²) in [5.74, 6) is -0.406. The highest BCUT2D eigenvalue weighted by Gasteiger charge is 2.27. The van der Waals surface area contributed by atoms with Crippen molar-refractivity contribution in [3.63, 3.8) is 0 Å². The number of thioether (sulfide) groups is 1. The lowest BCUT2D eigenvalue weighted by atomic mass is 10.3. The summed E-state index contributed by atoms with van der Waals surface area (Å²) in [6, 6.07) is 4.68. The molecule has 0 amide bonds. The first-order chi connectivity index (χ1) is 9.85. The summed E-state index contributed by atoms with van der Waals surface area (Å²) >= 11 is 6.58. The number of aryl methyl sites for hydroxylation is 1. The molecule has 1 aromatic heterocycles. The van der Waals surface area contributed by atoms with Crippen LogP contribution in [0.4, 0.5) is 18.9 Å². The SMILES string of the molecule is Cn1nnnc1CNc1cc(Cl)ccc1SCC(F)(F)F. The maximum Gasteiger partial charge on any atom is 0.398 e. The van der Waals surface area contributed by atoms with Crippen LogP contribution in [0.1, 0.15) is 5.82 Å². The van der Waals surface area contributed by atoms with Crippen molar-refractivity contribution < 1.29 is 13.2 Å². The Hall–Kier alpha value is -1.48. The predicted octanol–water partition coefficient (Wildman–Crippen LogP) is 3.13. The van der Waals surface area contributed by atoms with E-state index in [2.05, 4.69) is 20.8 Å². The fraction of sp³-hybridized carbons (Fsp3) is 0.364. The molecule has 0 bridgehead atoms. The lowest BCUT2D eigenvalue weighted by Gasteiger charge is -2.12. The van der Waals surface area contributed by atoms with Crippen LogP contribution in [-0.2, 0) is 13.6 Å². The largest absolute Gasteiger partial charge is 0.398 e. The van der Waals surface area contributed by atoms with Crippen molar-refractivity contribution in [1.82, 2.24) is 20.2 Å². The first-order valence-electron chi connectivity index (χ1n) is 5.79. The highest BCUT2D eigenvalue weighted by molar-refractivity contribution is 7.99. The van der Waals surface area contributed by atoms with Crippen LogP contribution in [0, 0.1) is 0 Å². The summed E-state index contributed by atoms with van der Waals surface area (Å²) in [6.45, 7) is 0.281. The minimum absolute atomic E-state index is 0.281. The third-order valence-corrected chi connectivity index (χ3v) is 3.85. The Bertz CT molecular complexity index is 616. The second-order valence-electron chi connectivity index (χ2n) is 4.12. The molecule has 5 nitrogen and oxygen atoms in total. The van der Waals surface area contributed by atoms with Gasteiger partial charge in [0.15, 0.2) is 5.82 Å². The van der Waals surface area contributed by atoms with E-state index in [1.54, 1.807) is 25.2 Å². The number of hydrogen-bond donors (Lipinski definition) is 1. The molecule has 1 aromatic carbocycles. The van der Waals surface area contributed by atoms with Gasteiger partial charge in [0.05, 0.1) is 12.3 Å². The quantitative estimate of drug-likeness (QED) is 0.849. The third kappa shape index (κ3) is 4.78. The molecule has 0 aliphatic carbocycles.